The molecule has 0 aliphatic carbocycles. The van der Waals surface area contributed by atoms with E-state index in [2.05, 4.69) is 5.92 Å². The van der Waals surface area contributed by atoms with Crippen molar-refractivity contribution in [1.29, 1.82) is 0 Å². The van der Waals surface area contributed by atoms with Crippen LogP contribution in [0.15, 0.2) is 35.2 Å². The molecule has 7 heteroatoms. The van der Waals surface area contributed by atoms with E-state index in [1.54, 1.807) is 39.8 Å². The minimum absolute atomic E-state index is 0.145. The Labute approximate surface area is 171 Å². The maximum Gasteiger partial charge on any atom is 0.220 e. The van der Waals surface area contributed by atoms with Crippen LogP contribution in [-0.2, 0) is 28.4 Å². The highest BCUT2D eigenvalue weighted by Gasteiger charge is 2.62. The molecule has 2 saturated heterocycles. The summed E-state index contributed by atoms with van der Waals surface area (Å²) in [5.74, 6) is 0.303. The van der Waals surface area contributed by atoms with Gasteiger partial charge in [0.15, 0.2) is 0 Å². The van der Waals surface area contributed by atoms with Crippen LogP contribution in [0, 0.1) is 12.3 Å². The Kier molecular flexibility index (Phi) is 6.72. The lowest BCUT2D eigenvalue weighted by Gasteiger charge is -2.57. The predicted molar refractivity (Wildman–Crippen MR) is 106 cm³/mol. The molecule has 154 valence electrons. The first-order valence-electron chi connectivity index (χ1n) is 9.25. The monoisotopic (exact) mass is 408 g/mol. The molecule has 0 saturated carbocycles. The Balaban J connectivity index is 1.90. The number of ether oxygens (including phenoxy) is 6. The largest absolute Gasteiger partial charge is 0.359 e. The van der Waals surface area contributed by atoms with Gasteiger partial charge in [0.05, 0.1) is 6.10 Å². The summed E-state index contributed by atoms with van der Waals surface area (Å²) in [6.07, 6.45) is 3.92. The van der Waals surface area contributed by atoms with Crippen molar-refractivity contribution in [2.45, 2.75) is 67.1 Å². The zero-order valence-electron chi connectivity index (χ0n) is 16.9. The van der Waals surface area contributed by atoms with E-state index in [0.717, 1.165) is 4.90 Å². The van der Waals surface area contributed by atoms with Crippen LogP contribution >= 0.6 is 11.8 Å². The summed E-state index contributed by atoms with van der Waals surface area (Å²) < 4.78 is 36.3. The summed E-state index contributed by atoms with van der Waals surface area (Å²) in [5.41, 5.74) is -0.316. The summed E-state index contributed by atoms with van der Waals surface area (Å²) in [6, 6.07) is 10.0. The fraction of sp³-hybridized carbons (Fsp3) is 0.619. The first kappa shape index (κ1) is 21.6. The van der Waals surface area contributed by atoms with Gasteiger partial charge in [-0.05, 0) is 32.9 Å². The molecule has 0 N–H and O–H groups in total. The fourth-order valence-corrected chi connectivity index (χ4v) is 4.70. The molecule has 0 radical (unpaired) electrons. The molecule has 2 heterocycles. The first-order chi connectivity index (χ1) is 13.4. The van der Waals surface area contributed by atoms with Crippen LogP contribution in [0.1, 0.15) is 20.8 Å². The number of benzene rings is 1. The normalized spacial score (nSPS) is 40.5. The first-order valence-corrected chi connectivity index (χ1v) is 10.1. The van der Waals surface area contributed by atoms with Crippen LogP contribution in [0.4, 0.5) is 0 Å². The van der Waals surface area contributed by atoms with E-state index in [1.807, 2.05) is 37.3 Å². The van der Waals surface area contributed by atoms with Gasteiger partial charge in [0.25, 0.3) is 0 Å². The molecule has 0 amide bonds. The maximum absolute atomic E-state index is 6.42. The molecule has 3 rings (SSSR count). The predicted octanol–water partition coefficient (Wildman–Crippen LogP) is 3.05. The van der Waals surface area contributed by atoms with E-state index in [4.69, 9.17) is 34.8 Å². The van der Waals surface area contributed by atoms with Crippen molar-refractivity contribution in [3.8, 4) is 12.3 Å². The fourth-order valence-electron chi connectivity index (χ4n) is 3.52. The summed E-state index contributed by atoms with van der Waals surface area (Å²) in [6.45, 7) is 5.70. The molecule has 0 aromatic heterocycles. The Morgan fingerprint density at radius 1 is 1.07 bits per heavy atom. The minimum Gasteiger partial charge on any atom is -0.359 e. The van der Waals surface area contributed by atoms with E-state index >= 15 is 0 Å². The molecule has 7 atom stereocenters. The Hall–Kier alpha value is -1.11. The number of fused-ring (bicyclic) bond motifs is 1. The highest BCUT2D eigenvalue weighted by Crippen LogP contribution is 2.46. The van der Waals surface area contributed by atoms with Crippen molar-refractivity contribution in [3.05, 3.63) is 30.3 Å². The Bertz CT molecular complexity index is 694. The van der Waals surface area contributed by atoms with E-state index in [9.17, 15) is 0 Å². The molecular formula is C21H28O6S. The van der Waals surface area contributed by atoms with Gasteiger partial charge in [-0.2, -0.15) is 0 Å². The van der Waals surface area contributed by atoms with Gasteiger partial charge >= 0.3 is 0 Å². The van der Waals surface area contributed by atoms with Gasteiger partial charge in [-0.3, -0.25) is 0 Å². The van der Waals surface area contributed by atoms with E-state index in [-0.39, 0.29) is 18.1 Å². The molecule has 2 fully saturated rings. The standard InChI is InChI=1S/C21H28O6S/c1-7-13-24-18-17-16(26-20(3,22-5)21(4,23-6)27-17)14(2)25-19(18)28-15-11-9-8-10-12-15/h1,8-12,14,16-19H,13H2,2-6H3/t14-,16-,17+,18+,19+,20+,21+/m0/s1. The number of rotatable bonds is 6. The van der Waals surface area contributed by atoms with E-state index in [0.29, 0.717) is 0 Å². The Morgan fingerprint density at radius 3 is 2.25 bits per heavy atom. The van der Waals surface area contributed by atoms with Gasteiger partial charge in [-0.15, -0.1) is 6.42 Å². The third kappa shape index (κ3) is 3.96. The summed E-state index contributed by atoms with van der Waals surface area (Å²) in [4.78, 5) is 1.07. The quantitative estimate of drug-likeness (QED) is 0.671. The summed E-state index contributed by atoms with van der Waals surface area (Å²) in [7, 11) is 3.13. The van der Waals surface area contributed by atoms with Crippen LogP contribution in [-0.4, -0.2) is 62.3 Å². The molecule has 2 aliphatic heterocycles. The van der Waals surface area contributed by atoms with Crippen LogP contribution in [0.3, 0.4) is 0 Å². The molecule has 2 aliphatic rings. The minimum atomic E-state index is -1.13. The van der Waals surface area contributed by atoms with Crippen molar-refractivity contribution in [2.75, 3.05) is 20.8 Å². The average Bonchev–Trinajstić information content (AvgIpc) is 2.70. The second-order valence-corrected chi connectivity index (χ2v) is 8.26. The highest BCUT2D eigenvalue weighted by molar-refractivity contribution is 7.99. The van der Waals surface area contributed by atoms with E-state index < -0.39 is 29.9 Å². The third-order valence-corrected chi connectivity index (χ3v) is 6.56. The Morgan fingerprint density at radius 2 is 1.68 bits per heavy atom. The van der Waals surface area contributed by atoms with Crippen molar-refractivity contribution in [1.82, 2.24) is 0 Å². The molecule has 28 heavy (non-hydrogen) atoms. The number of thioether (sulfide) groups is 1. The second kappa shape index (κ2) is 8.72. The van der Waals surface area contributed by atoms with Crippen molar-refractivity contribution >= 4 is 11.8 Å². The molecule has 0 spiro atoms. The average molecular weight is 409 g/mol. The molecular weight excluding hydrogens is 380 g/mol. The topological polar surface area (TPSA) is 55.4 Å². The number of hydrogen-bond donors (Lipinski definition) is 0. The van der Waals surface area contributed by atoms with Crippen LogP contribution < -0.4 is 0 Å². The highest BCUT2D eigenvalue weighted by atomic mass is 32.2. The smallest absolute Gasteiger partial charge is 0.220 e. The maximum atomic E-state index is 6.42. The van der Waals surface area contributed by atoms with E-state index in [1.165, 1.54) is 0 Å². The summed E-state index contributed by atoms with van der Waals surface area (Å²) >= 11 is 1.57. The lowest BCUT2D eigenvalue weighted by molar-refractivity contribution is -0.469. The molecule has 6 nitrogen and oxygen atoms in total. The van der Waals surface area contributed by atoms with Crippen LogP contribution in [0.2, 0.25) is 0 Å². The lowest BCUT2D eigenvalue weighted by Crippen LogP contribution is -2.72. The molecule has 0 unspecified atom stereocenters. The number of terminal acetylenes is 1. The van der Waals surface area contributed by atoms with Crippen molar-refractivity contribution in [2.24, 2.45) is 0 Å². The summed E-state index contributed by atoms with van der Waals surface area (Å²) in [5, 5.41) is 0. The van der Waals surface area contributed by atoms with Gasteiger partial charge in [-0.25, -0.2) is 0 Å². The molecule has 0 bridgehead atoms. The van der Waals surface area contributed by atoms with Gasteiger partial charge in [0, 0.05) is 19.1 Å². The molecule has 1 aromatic carbocycles. The number of hydrogen-bond acceptors (Lipinski definition) is 7. The van der Waals surface area contributed by atoms with Gasteiger partial charge in [0.2, 0.25) is 11.6 Å². The SMILES string of the molecule is C#CCO[C@@H]1[C@@H]2O[C@@](C)(OC)[C@](C)(OC)O[C@H]2[C@H](C)O[C@@H]1Sc1ccccc1. The second-order valence-electron chi connectivity index (χ2n) is 7.08. The van der Waals surface area contributed by atoms with Gasteiger partial charge in [-0.1, -0.05) is 35.9 Å². The van der Waals surface area contributed by atoms with Crippen LogP contribution in [0.5, 0.6) is 0 Å². The van der Waals surface area contributed by atoms with Crippen molar-refractivity contribution in [3.63, 3.8) is 0 Å². The molecule has 1 aromatic rings. The van der Waals surface area contributed by atoms with Gasteiger partial charge < -0.3 is 28.4 Å². The number of methoxy groups -OCH3 is 2. The van der Waals surface area contributed by atoms with Gasteiger partial charge in [0.1, 0.15) is 30.4 Å². The lowest BCUT2D eigenvalue weighted by atomic mass is 9.95. The van der Waals surface area contributed by atoms with Crippen molar-refractivity contribution < 1.29 is 28.4 Å². The zero-order valence-corrected chi connectivity index (χ0v) is 17.7. The van der Waals surface area contributed by atoms with Crippen LogP contribution in [0.25, 0.3) is 0 Å². The zero-order chi connectivity index (χ0) is 20.4. The third-order valence-electron chi connectivity index (χ3n) is 5.41.